The third-order valence-corrected chi connectivity index (χ3v) is 4.74. The van der Waals surface area contributed by atoms with E-state index in [4.69, 9.17) is 16.1 Å². The Labute approximate surface area is 108 Å². The first kappa shape index (κ1) is 13.1. The van der Waals surface area contributed by atoms with Gasteiger partial charge in [0.15, 0.2) is 0 Å². The largest absolute Gasteiger partial charge is 0.508 e. The van der Waals surface area contributed by atoms with E-state index in [2.05, 4.69) is 5.09 Å². The summed E-state index contributed by atoms with van der Waals surface area (Å²) in [6.07, 6.45) is 3.28. The van der Waals surface area contributed by atoms with E-state index in [0.717, 1.165) is 11.7 Å². The van der Waals surface area contributed by atoms with Crippen LogP contribution >= 0.6 is 19.9 Å². The van der Waals surface area contributed by atoms with Crippen molar-refractivity contribution in [2.75, 3.05) is 6.61 Å². The Balaban J connectivity index is 1.99. The van der Waals surface area contributed by atoms with E-state index in [9.17, 15) is 5.11 Å². The number of phenolic OH excluding ortho intramolecular Hbond substituents is 1. The van der Waals surface area contributed by atoms with E-state index in [1.54, 1.807) is 12.1 Å². The summed E-state index contributed by atoms with van der Waals surface area (Å²) < 4.78 is 5.71. The number of hydrogen-bond acceptors (Lipinski definition) is 3. The quantitative estimate of drug-likeness (QED) is 0.778. The molecule has 1 aliphatic rings. The standard InChI is InChI=1S/C12H17ClNO2P/c1-2-16-17(14-10-4-5-10)8-9-3-6-11(15)7-12(9)13/h3,6-7,10,14-15H,2,4-5,8H2,1H3. The molecular weight excluding hydrogens is 257 g/mol. The van der Waals surface area contributed by atoms with Crippen LogP contribution in [-0.4, -0.2) is 17.8 Å². The summed E-state index contributed by atoms with van der Waals surface area (Å²) in [7, 11) is -0.656. The van der Waals surface area contributed by atoms with Gasteiger partial charge in [0.25, 0.3) is 0 Å². The third-order valence-electron chi connectivity index (χ3n) is 2.54. The molecular formula is C12H17ClNO2P. The molecule has 0 aliphatic heterocycles. The Kier molecular flexibility index (Phi) is 4.63. The molecule has 2 rings (SSSR count). The molecule has 0 aromatic heterocycles. The number of hydrogen-bond donors (Lipinski definition) is 2. The van der Waals surface area contributed by atoms with Crippen LogP contribution in [0.1, 0.15) is 25.3 Å². The van der Waals surface area contributed by atoms with Gasteiger partial charge < -0.3 is 9.63 Å². The van der Waals surface area contributed by atoms with Gasteiger partial charge in [-0.25, -0.2) is 0 Å². The molecule has 1 unspecified atom stereocenters. The highest BCUT2D eigenvalue weighted by molar-refractivity contribution is 7.49. The van der Waals surface area contributed by atoms with E-state index in [0.29, 0.717) is 17.7 Å². The molecule has 1 aromatic carbocycles. The Morgan fingerprint density at radius 2 is 2.29 bits per heavy atom. The van der Waals surface area contributed by atoms with Crippen molar-refractivity contribution in [1.82, 2.24) is 5.09 Å². The van der Waals surface area contributed by atoms with Gasteiger partial charge in [0.1, 0.15) is 14.0 Å². The summed E-state index contributed by atoms with van der Waals surface area (Å²) in [5.41, 5.74) is 1.03. The summed E-state index contributed by atoms with van der Waals surface area (Å²) in [6.45, 7) is 2.71. The number of phenols is 1. The van der Waals surface area contributed by atoms with Crippen molar-refractivity contribution in [2.24, 2.45) is 0 Å². The molecule has 0 saturated heterocycles. The minimum Gasteiger partial charge on any atom is -0.508 e. The maximum atomic E-state index is 9.30. The van der Waals surface area contributed by atoms with Gasteiger partial charge in [0, 0.05) is 23.8 Å². The fourth-order valence-corrected chi connectivity index (χ4v) is 3.67. The van der Waals surface area contributed by atoms with E-state index in [1.807, 2.05) is 13.0 Å². The van der Waals surface area contributed by atoms with Crippen molar-refractivity contribution in [3.05, 3.63) is 28.8 Å². The Hall–Kier alpha value is -0.340. The highest BCUT2D eigenvalue weighted by Crippen LogP contribution is 2.42. The van der Waals surface area contributed by atoms with Crippen LogP contribution in [-0.2, 0) is 10.7 Å². The van der Waals surface area contributed by atoms with Gasteiger partial charge in [0.05, 0.1) is 0 Å². The number of nitrogens with one attached hydrogen (secondary N) is 1. The summed E-state index contributed by atoms with van der Waals surface area (Å²) in [6, 6.07) is 5.73. The van der Waals surface area contributed by atoms with E-state index >= 15 is 0 Å². The van der Waals surface area contributed by atoms with Gasteiger partial charge in [-0.3, -0.25) is 5.09 Å². The van der Waals surface area contributed by atoms with E-state index in [-0.39, 0.29) is 5.75 Å². The van der Waals surface area contributed by atoms with Crippen LogP contribution in [0.2, 0.25) is 5.02 Å². The monoisotopic (exact) mass is 273 g/mol. The van der Waals surface area contributed by atoms with Crippen LogP contribution in [0.25, 0.3) is 0 Å². The minimum atomic E-state index is -0.656. The normalized spacial score (nSPS) is 17.1. The molecule has 0 bridgehead atoms. The Bertz CT molecular complexity index is 385. The van der Waals surface area contributed by atoms with Crippen LogP contribution in [0, 0.1) is 0 Å². The first-order valence-electron chi connectivity index (χ1n) is 5.83. The summed E-state index contributed by atoms with van der Waals surface area (Å²) in [5.74, 6) is 0.203. The SMILES string of the molecule is CCOP(Cc1ccc(O)cc1Cl)NC1CC1. The number of rotatable bonds is 6. The van der Waals surface area contributed by atoms with Crippen molar-refractivity contribution in [2.45, 2.75) is 32.0 Å². The third kappa shape index (κ3) is 4.11. The zero-order valence-corrected chi connectivity index (χ0v) is 11.5. The first-order valence-corrected chi connectivity index (χ1v) is 7.65. The smallest absolute Gasteiger partial charge is 0.117 e. The lowest BCUT2D eigenvalue weighted by molar-refractivity contribution is 0.370. The Morgan fingerprint density at radius 1 is 1.53 bits per heavy atom. The van der Waals surface area contributed by atoms with Crippen LogP contribution < -0.4 is 5.09 Å². The number of halogens is 1. The average molecular weight is 274 g/mol. The molecule has 5 heteroatoms. The molecule has 1 atom stereocenters. The lowest BCUT2D eigenvalue weighted by atomic mass is 10.2. The van der Waals surface area contributed by atoms with Crippen LogP contribution in [0.3, 0.4) is 0 Å². The molecule has 94 valence electrons. The van der Waals surface area contributed by atoms with Gasteiger partial charge >= 0.3 is 0 Å². The second-order valence-corrected chi connectivity index (χ2v) is 6.13. The molecule has 0 radical (unpaired) electrons. The maximum Gasteiger partial charge on any atom is 0.117 e. The van der Waals surface area contributed by atoms with Gasteiger partial charge in [0.2, 0.25) is 0 Å². The van der Waals surface area contributed by atoms with Crippen LogP contribution in [0.4, 0.5) is 0 Å². The zero-order valence-electron chi connectivity index (χ0n) is 9.82. The second kappa shape index (κ2) is 6.01. The summed E-state index contributed by atoms with van der Waals surface area (Å²) >= 11 is 6.09. The highest BCUT2D eigenvalue weighted by Gasteiger charge is 2.25. The average Bonchev–Trinajstić information content (AvgIpc) is 3.06. The van der Waals surface area contributed by atoms with Gasteiger partial charge in [-0.05, 0) is 37.5 Å². The molecule has 3 nitrogen and oxygen atoms in total. The van der Waals surface area contributed by atoms with E-state index < -0.39 is 8.30 Å². The highest BCUT2D eigenvalue weighted by atomic mass is 35.5. The molecule has 1 aliphatic carbocycles. The van der Waals surface area contributed by atoms with Crippen molar-refractivity contribution in [3.8, 4) is 5.75 Å². The first-order chi connectivity index (χ1) is 8.19. The van der Waals surface area contributed by atoms with Gasteiger partial charge in [-0.1, -0.05) is 17.7 Å². The molecule has 17 heavy (non-hydrogen) atoms. The minimum absolute atomic E-state index is 0.203. The van der Waals surface area contributed by atoms with E-state index in [1.165, 1.54) is 12.8 Å². The molecule has 1 saturated carbocycles. The van der Waals surface area contributed by atoms with Gasteiger partial charge in [-0.15, -0.1) is 0 Å². The topological polar surface area (TPSA) is 41.5 Å². The molecule has 1 aromatic rings. The number of aromatic hydroxyl groups is 1. The van der Waals surface area contributed by atoms with Crippen LogP contribution in [0.15, 0.2) is 18.2 Å². The number of benzene rings is 1. The lowest BCUT2D eigenvalue weighted by Gasteiger charge is -2.18. The lowest BCUT2D eigenvalue weighted by Crippen LogP contribution is -2.12. The van der Waals surface area contributed by atoms with Crippen molar-refractivity contribution in [3.63, 3.8) is 0 Å². The predicted octanol–water partition coefficient (Wildman–Crippen LogP) is 3.65. The fourth-order valence-electron chi connectivity index (χ4n) is 1.52. The fraction of sp³-hybridized carbons (Fsp3) is 0.500. The zero-order chi connectivity index (χ0) is 12.3. The molecule has 0 amide bonds. The second-order valence-electron chi connectivity index (χ2n) is 4.13. The van der Waals surface area contributed by atoms with Crippen molar-refractivity contribution >= 4 is 19.9 Å². The summed E-state index contributed by atoms with van der Waals surface area (Å²) in [4.78, 5) is 0. The molecule has 1 fully saturated rings. The maximum absolute atomic E-state index is 9.30. The molecule has 0 spiro atoms. The predicted molar refractivity (Wildman–Crippen MR) is 71.5 cm³/mol. The van der Waals surface area contributed by atoms with Crippen molar-refractivity contribution < 1.29 is 9.63 Å². The summed E-state index contributed by atoms with van der Waals surface area (Å²) in [5, 5.41) is 13.4. The molecule has 2 N–H and O–H groups in total. The molecule has 0 heterocycles. The van der Waals surface area contributed by atoms with Crippen molar-refractivity contribution in [1.29, 1.82) is 0 Å². The van der Waals surface area contributed by atoms with Gasteiger partial charge in [-0.2, -0.15) is 0 Å². The van der Waals surface area contributed by atoms with Crippen LogP contribution in [0.5, 0.6) is 5.75 Å². The Morgan fingerprint density at radius 3 is 2.88 bits per heavy atom.